The van der Waals surface area contributed by atoms with E-state index in [0.29, 0.717) is 18.4 Å². The van der Waals surface area contributed by atoms with Gasteiger partial charge in [0.1, 0.15) is 29.5 Å². The summed E-state index contributed by atoms with van der Waals surface area (Å²) in [7, 11) is 0. The van der Waals surface area contributed by atoms with Gasteiger partial charge in [-0.05, 0) is 43.8 Å². The Morgan fingerprint density at radius 1 is 1.05 bits per heavy atom. The Morgan fingerprint density at radius 2 is 1.70 bits per heavy atom. The second kappa shape index (κ2) is 9.69. The molecule has 0 aromatic carbocycles. The van der Waals surface area contributed by atoms with E-state index in [4.69, 9.17) is 18.9 Å². The summed E-state index contributed by atoms with van der Waals surface area (Å²) >= 11 is 0. The third-order valence-corrected chi connectivity index (χ3v) is 11.3. The summed E-state index contributed by atoms with van der Waals surface area (Å²) in [6.45, 7) is 11.7. The number of aliphatic hydroxyl groups is 3. The largest absolute Gasteiger partial charge is 0.393 e. The molecule has 40 heavy (non-hydrogen) atoms. The molecule has 0 spiro atoms. The first-order valence-electron chi connectivity index (χ1n) is 15.7. The van der Waals surface area contributed by atoms with Gasteiger partial charge in [-0.2, -0.15) is 0 Å². The van der Waals surface area contributed by atoms with E-state index in [0.717, 1.165) is 24.8 Å². The maximum absolute atomic E-state index is 13.5. The number of unbranched alkanes of at least 4 members (excludes halogenated alkanes) is 8. The van der Waals surface area contributed by atoms with Crippen LogP contribution in [0.15, 0.2) is 23.8 Å². The van der Waals surface area contributed by atoms with Crippen LogP contribution in [0.4, 0.5) is 0 Å². The van der Waals surface area contributed by atoms with E-state index in [1.165, 1.54) is 38.5 Å². The normalized spacial score (nSPS) is 49.8. The maximum Gasteiger partial charge on any atom is 0.284 e. The number of carbonyl (C=O) groups excluding carboxylic acids is 1. The van der Waals surface area contributed by atoms with Crippen molar-refractivity contribution in [3.63, 3.8) is 0 Å². The number of rotatable bonds is 12. The predicted octanol–water partition coefficient (Wildman–Crippen LogP) is 4.10. The highest BCUT2D eigenvalue weighted by atomic mass is 16.9. The predicted molar refractivity (Wildman–Crippen MR) is 147 cm³/mol. The van der Waals surface area contributed by atoms with Gasteiger partial charge < -0.3 is 34.3 Å². The van der Waals surface area contributed by atoms with Crippen LogP contribution < -0.4 is 0 Å². The van der Waals surface area contributed by atoms with Crippen molar-refractivity contribution in [1.82, 2.24) is 0 Å². The molecular formula is C32H48O8. The molecule has 6 rings (SSSR count). The van der Waals surface area contributed by atoms with Crippen molar-refractivity contribution in [1.29, 1.82) is 0 Å². The Labute approximate surface area is 238 Å². The molecule has 3 saturated heterocycles. The molecule has 11 atom stereocenters. The van der Waals surface area contributed by atoms with Crippen molar-refractivity contribution < 1.29 is 39.1 Å². The number of epoxide rings is 1. The van der Waals surface area contributed by atoms with Crippen molar-refractivity contribution in [2.45, 2.75) is 145 Å². The molecule has 224 valence electrons. The van der Waals surface area contributed by atoms with E-state index in [9.17, 15) is 20.1 Å². The monoisotopic (exact) mass is 560 g/mol. The van der Waals surface area contributed by atoms with Crippen molar-refractivity contribution in [3.05, 3.63) is 23.8 Å². The maximum atomic E-state index is 13.5. The van der Waals surface area contributed by atoms with Crippen LogP contribution in [0.25, 0.3) is 0 Å². The minimum absolute atomic E-state index is 0.184. The molecule has 3 N–H and O–H groups in total. The smallest absolute Gasteiger partial charge is 0.284 e. The lowest BCUT2D eigenvalue weighted by molar-refractivity contribution is -0.430. The van der Waals surface area contributed by atoms with Gasteiger partial charge >= 0.3 is 0 Å². The Bertz CT molecular complexity index is 1090. The number of ketones is 1. The van der Waals surface area contributed by atoms with Crippen molar-refractivity contribution in [2.75, 3.05) is 6.61 Å². The van der Waals surface area contributed by atoms with E-state index in [1.807, 2.05) is 6.92 Å². The van der Waals surface area contributed by atoms with Crippen LogP contribution in [0, 0.1) is 17.8 Å². The lowest BCUT2D eigenvalue weighted by atomic mass is 9.54. The highest BCUT2D eigenvalue weighted by Crippen LogP contribution is 2.73. The number of fused-ring (bicyclic) bond motifs is 3. The Kier molecular flexibility index (Phi) is 7.02. The zero-order valence-corrected chi connectivity index (χ0v) is 24.6. The molecule has 5 fully saturated rings. The molecule has 0 aromatic rings. The van der Waals surface area contributed by atoms with Gasteiger partial charge in [-0.15, -0.1) is 0 Å². The van der Waals surface area contributed by atoms with Crippen molar-refractivity contribution in [3.8, 4) is 0 Å². The van der Waals surface area contributed by atoms with Crippen LogP contribution in [0.2, 0.25) is 0 Å². The highest BCUT2D eigenvalue weighted by Gasteiger charge is 2.88. The van der Waals surface area contributed by atoms with Gasteiger partial charge in [0.15, 0.2) is 11.4 Å². The van der Waals surface area contributed by atoms with Crippen LogP contribution in [-0.2, 0) is 23.7 Å². The van der Waals surface area contributed by atoms with Crippen molar-refractivity contribution in [2.24, 2.45) is 17.8 Å². The first kappa shape index (κ1) is 29.0. The Morgan fingerprint density at radius 3 is 2.33 bits per heavy atom. The Hall–Kier alpha value is -1.13. The molecule has 3 heterocycles. The second-order valence-corrected chi connectivity index (χ2v) is 13.7. The average molecular weight is 561 g/mol. The third-order valence-electron chi connectivity index (χ3n) is 11.3. The fraction of sp³-hybridized carbons (Fsp3) is 0.844. The summed E-state index contributed by atoms with van der Waals surface area (Å²) in [6.07, 6.45) is 10.7. The van der Waals surface area contributed by atoms with Gasteiger partial charge in [-0.3, -0.25) is 4.79 Å². The molecule has 6 aliphatic rings. The van der Waals surface area contributed by atoms with E-state index in [-0.39, 0.29) is 5.92 Å². The van der Waals surface area contributed by atoms with E-state index >= 15 is 0 Å². The Balaban J connectivity index is 1.33. The van der Waals surface area contributed by atoms with Crippen LogP contribution in [-0.4, -0.2) is 74.4 Å². The zero-order valence-electron chi connectivity index (χ0n) is 24.6. The van der Waals surface area contributed by atoms with Gasteiger partial charge in [0.2, 0.25) is 0 Å². The van der Waals surface area contributed by atoms with Crippen LogP contribution in [0.1, 0.15) is 98.3 Å². The minimum atomic E-state index is -2.18. The molecule has 3 bridgehead atoms. The number of ether oxygens (including phenoxy) is 4. The van der Waals surface area contributed by atoms with Gasteiger partial charge in [0.05, 0.1) is 12.2 Å². The topological polar surface area (TPSA) is 118 Å². The molecule has 3 aliphatic heterocycles. The van der Waals surface area contributed by atoms with Gasteiger partial charge in [-0.1, -0.05) is 77.9 Å². The first-order chi connectivity index (χ1) is 19.0. The van der Waals surface area contributed by atoms with Gasteiger partial charge in [0.25, 0.3) is 5.97 Å². The molecule has 3 aliphatic carbocycles. The van der Waals surface area contributed by atoms with E-state index in [2.05, 4.69) is 20.4 Å². The number of carbonyl (C=O) groups is 1. The molecule has 0 radical (unpaired) electrons. The molecule has 8 heteroatoms. The fourth-order valence-corrected chi connectivity index (χ4v) is 9.19. The molecule has 0 amide bonds. The van der Waals surface area contributed by atoms with Crippen LogP contribution in [0.5, 0.6) is 0 Å². The second-order valence-electron chi connectivity index (χ2n) is 13.7. The van der Waals surface area contributed by atoms with Crippen LogP contribution in [0.3, 0.4) is 0 Å². The lowest BCUT2D eigenvalue weighted by Crippen LogP contribution is -2.72. The van der Waals surface area contributed by atoms with E-state index in [1.54, 1.807) is 13.0 Å². The zero-order chi connectivity index (χ0) is 28.7. The molecule has 0 aromatic heterocycles. The van der Waals surface area contributed by atoms with Crippen LogP contribution >= 0.6 is 0 Å². The van der Waals surface area contributed by atoms with Crippen molar-refractivity contribution >= 4 is 5.78 Å². The molecular weight excluding hydrogens is 512 g/mol. The molecule has 2 saturated carbocycles. The minimum Gasteiger partial charge on any atom is -0.393 e. The quantitative estimate of drug-likeness (QED) is 0.186. The number of aliphatic hydroxyl groups excluding tert-OH is 2. The number of Topliss-reactive ketones (excluding diaryl/α,β-unsaturated/α-hetero) is 1. The summed E-state index contributed by atoms with van der Waals surface area (Å²) in [5.74, 6) is -3.38. The summed E-state index contributed by atoms with van der Waals surface area (Å²) < 4.78 is 26.8. The third kappa shape index (κ3) is 3.60. The summed E-state index contributed by atoms with van der Waals surface area (Å²) in [5.41, 5.74) is -4.36. The van der Waals surface area contributed by atoms with Gasteiger partial charge in [-0.25, -0.2) is 0 Å². The lowest BCUT2D eigenvalue weighted by Gasteiger charge is -2.59. The number of hydrogen-bond donors (Lipinski definition) is 3. The summed E-state index contributed by atoms with van der Waals surface area (Å²) in [5, 5.41) is 34.2. The first-order valence-corrected chi connectivity index (χ1v) is 15.7. The fourth-order valence-electron chi connectivity index (χ4n) is 9.19. The molecule has 8 nitrogen and oxygen atoms in total. The molecule has 0 unspecified atom stereocenters. The highest BCUT2D eigenvalue weighted by molar-refractivity contribution is 6.05. The summed E-state index contributed by atoms with van der Waals surface area (Å²) in [6, 6.07) is 0. The average Bonchev–Trinajstić information content (AvgIpc) is 3.56. The summed E-state index contributed by atoms with van der Waals surface area (Å²) in [4.78, 5) is 13.5. The number of hydrogen-bond acceptors (Lipinski definition) is 8. The standard InChI is InChI=1S/C32H48O8/c1-6-7-8-9-10-11-12-13-14-15-30-38-25-23-26-29(18-33,37-26)27(35)31(36)22(16-20(4)24(31)34)32(23,40-30)21(5)17-28(25,39-30)19(2)3/h16,21-23,25-27,33,35-36H,2,6-15,17-18H2,1,3-5H3/t21-,22-,23-,25-,26+,27-,28-,29+,30-,31-,32+/m1/s1. The SMILES string of the molecule is C=C(C)[C@]12C[C@@H](C)[C@@]34O[C@](CCCCCCCCCCC)(O[C@@H]1[C@@H]3[C@@H]1O[C@]1(CO)[C@@H](O)[C@]1(O)C(=O)C(C)=C[C@H]14)O2. The van der Waals surface area contributed by atoms with E-state index < -0.39 is 70.9 Å². The van der Waals surface area contributed by atoms with Gasteiger partial charge in [0, 0.05) is 18.3 Å².